The number of hydrogen-bond acceptors (Lipinski definition) is 4. The van der Waals surface area contributed by atoms with Gasteiger partial charge in [0, 0.05) is 22.5 Å². The second-order valence-corrected chi connectivity index (χ2v) is 6.78. The molecule has 0 unspecified atom stereocenters. The topological polar surface area (TPSA) is 35.0 Å². The first kappa shape index (κ1) is 16.8. The molecule has 1 aromatic heterocycles. The van der Waals surface area contributed by atoms with E-state index in [2.05, 4.69) is 29.0 Å². The third-order valence-corrected chi connectivity index (χ3v) is 4.58. The minimum Gasteiger partial charge on any atom is -0.439 e. The third kappa shape index (κ3) is 4.49. The van der Waals surface area contributed by atoms with Gasteiger partial charge in [-0.2, -0.15) is 4.98 Å². The van der Waals surface area contributed by atoms with Gasteiger partial charge < -0.3 is 4.74 Å². The van der Waals surface area contributed by atoms with E-state index in [1.807, 2.05) is 43.3 Å². The van der Waals surface area contributed by atoms with Gasteiger partial charge in [-0.3, -0.25) is 0 Å². The van der Waals surface area contributed by atoms with Gasteiger partial charge in [0.1, 0.15) is 5.75 Å². The van der Waals surface area contributed by atoms with Crippen molar-refractivity contribution in [2.24, 2.45) is 0 Å². The van der Waals surface area contributed by atoms with E-state index >= 15 is 0 Å². The molecule has 2 aromatic carbocycles. The Labute approximate surface area is 151 Å². The number of rotatable bonds is 5. The zero-order chi connectivity index (χ0) is 16.9. The third-order valence-electron chi connectivity index (χ3n) is 3.45. The van der Waals surface area contributed by atoms with E-state index in [1.165, 1.54) is 11.1 Å². The van der Waals surface area contributed by atoms with Crippen molar-refractivity contribution in [3.05, 3.63) is 76.4 Å². The van der Waals surface area contributed by atoms with Crippen molar-refractivity contribution >= 4 is 23.4 Å². The van der Waals surface area contributed by atoms with Crippen LogP contribution in [0.25, 0.3) is 0 Å². The molecule has 24 heavy (non-hydrogen) atoms. The molecular formula is C19H17ClN2OS. The predicted octanol–water partition coefficient (Wildman–Crippen LogP) is 5.83. The van der Waals surface area contributed by atoms with Crippen molar-refractivity contribution in [2.75, 3.05) is 0 Å². The average molecular weight is 357 g/mol. The highest BCUT2D eigenvalue weighted by atomic mass is 35.5. The zero-order valence-electron chi connectivity index (χ0n) is 13.5. The Morgan fingerprint density at radius 2 is 1.83 bits per heavy atom. The first-order valence-electron chi connectivity index (χ1n) is 7.56. The van der Waals surface area contributed by atoms with Crippen LogP contribution in [0.1, 0.15) is 16.8 Å². The van der Waals surface area contributed by atoms with Crippen molar-refractivity contribution in [2.45, 2.75) is 24.8 Å². The molecule has 3 aromatic rings. The zero-order valence-corrected chi connectivity index (χ0v) is 15.1. The number of halogens is 1. The smallest absolute Gasteiger partial charge is 0.223 e. The number of aryl methyl sites for hydroxylation is 2. The maximum absolute atomic E-state index is 5.99. The molecule has 0 atom stereocenters. The highest BCUT2D eigenvalue weighted by molar-refractivity contribution is 7.98. The van der Waals surface area contributed by atoms with Crippen LogP contribution >= 0.6 is 23.4 Å². The molecule has 122 valence electrons. The lowest BCUT2D eigenvalue weighted by Gasteiger charge is -2.08. The van der Waals surface area contributed by atoms with E-state index in [4.69, 9.17) is 16.3 Å². The van der Waals surface area contributed by atoms with Crippen LogP contribution < -0.4 is 4.74 Å². The van der Waals surface area contributed by atoms with Gasteiger partial charge in [0.05, 0.1) is 0 Å². The number of benzene rings is 2. The summed E-state index contributed by atoms with van der Waals surface area (Å²) in [7, 11) is 0. The monoisotopic (exact) mass is 356 g/mol. The van der Waals surface area contributed by atoms with Crippen LogP contribution in [0.3, 0.4) is 0 Å². The molecular weight excluding hydrogens is 340 g/mol. The lowest BCUT2D eigenvalue weighted by atomic mass is 10.1. The van der Waals surface area contributed by atoms with Gasteiger partial charge in [-0.05, 0) is 43.2 Å². The molecule has 0 amide bonds. The van der Waals surface area contributed by atoms with Gasteiger partial charge in [0.25, 0.3) is 0 Å². The summed E-state index contributed by atoms with van der Waals surface area (Å²) in [6.07, 6.45) is 0. The summed E-state index contributed by atoms with van der Waals surface area (Å²) in [5.41, 5.74) is 3.42. The highest BCUT2D eigenvalue weighted by Crippen LogP contribution is 2.27. The summed E-state index contributed by atoms with van der Waals surface area (Å²) in [5, 5.41) is 1.34. The van der Waals surface area contributed by atoms with Gasteiger partial charge in [-0.1, -0.05) is 53.7 Å². The van der Waals surface area contributed by atoms with Gasteiger partial charge in [0.15, 0.2) is 5.16 Å². The molecule has 0 N–H and O–H groups in total. The summed E-state index contributed by atoms with van der Waals surface area (Å²) in [5.74, 6) is 2.01. The fourth-order valence-electron chi connectivity index (χ4n) is 2.20. The molecule has 0 aliphatic rings. The summed E-state index contributed by atoms with van der Waals surface area (Å²) in [6.45, 7) is 4.05. The van der Waals surface area contributed by atoms with Crippen LogP contribution in [0.15, 0.2) is 59.8 Å². The van der Waals surface area contributed by atoms with Crippen LogP contribution in [0, 0.1) is 13.8 Å². The number of aromatic nitrogens is 2. The van der Waals surface area contributed by atoms with Crippen LogP contribution in [-0.4, -0.2) is 9.97 Å². The van der Waals surface area contributed by atoms with Crippen molar-refractivity contribution in [1.29, 1.82) is 0 Å². The SMILES string of the molecule is Cc1cc(Oc2cccc(Cl)c2)nc(SCc2ccccc2C)n1. The first-order chi connectivity index (χ1) is 11.6. The molecule has 3 nitrogen and oxygen atoms in total. The lowest BCUT2D eigenvalue weighted by Crippen LogP contribution is -1.95. The summed E-state index contributed by atoms with van der Waals surface area (Å²) in [6, 6.07) is 17.4. The Hall–Kier alpha value is -2.04. The molecule has 0 bridgehead atoms. The number of ether oxygens (including phenoxy) is 1. The van der Waals surface area contributed by atoms with E-state index < -0.39 is 0 Å². The van der Waals surface area contributed by atoms with Crippen molar-refractivity contribution in [1.82, 2.24) is 9.97 Å². The minimum atomic E-state index is 0.525. The molecule has 0 aliphatic heterocycles. The van der Waals surface area contributed by atoms with Crippen LogP contribution in [0.2, 0.25) is 5.02 Å². The Morgan fingerprint density at radius 3 is 2.62 bits per heavy atom. The molecule has 3 rings (SSSR count). The Kier molecular flexibility index (Phi) is 5.38. The number of hydrogen-bond donors (Lipinski definition) is 0. The minimum absolute atomic E-state index is 0.525. The van der Waals surface area contributed by atoms with E-state index in [1.54, 1.807) is 17.8 Å². The van der Waals surface area contributed by atoms with Crippen LogP contribution in [0.4, 0.5) is 0 Å². The molecule has 0 saturated carbocycles. The normalized spacial score (nSPS) is 10.6. The standard InChI is InChI=1S/C19H17ClN2OS/c1-13-6-3-4-7-15(13)12-24-19-21-14(2)10-18(22-19)23-17-9-5-8-16(20)11-17/h3-11H,12H2,1-2H3. The van der Waals surface area contributed by atoms with Crippen molar-refractivity contribution in [3.8, 4) is 11.6 Å². The molecule has 5 heteroatoms. The summed E-state index contributed by atoms with van der Waals surface area (Å²) >= 11 is 7.59. The molecule has 0 spiro atoms. The quantitative estimate of drug-likeness (QED) is 0.425. The van der Waals surface area contributed by atoms with E-state index in [9.17, 15) is 0 Å². The molecule has 0 saturated heterocycles. The van der Waals surface area contributed by atoms with Gasteiger partial charge in [-0.15, -0.1) is 0 Å². The van der Waals surface area contributed by atoms with E-state index in [0.29, 0.717) is 21.8 Å². The van der Waals surface area contributed by atoms with Crippen molar-refractivity contribution < 1.29 is 4.74 Å². The van der Waals surface area contributed by atoms with E-state index in [-0.39, 0.29) is 0 Å². The summed E-state index contributed by atoms with van der Waals surface area (Å²) in [4.78, 5) is 8.97. The maximum atomic E-state index is 5.99. The van der Waals surface area contributed by atoms with Crippen LogP contribution in [0.5, 0.6) is 11.6 Å². The van der Waals surface area contributed by atoms with Gasteiger partial charge in [0.2, 0.25) is 5.88 Å². The number of thioether (sulfide) groups is 1. The van der Waals surface area contributed by atoms with E-state index in [0.717, 1.165) is 11.4 Å². The Morgan fingerprint density at radius 1 is 1.00 bits per heavy atom. The second-order valence-electron chi connectivity index (χ2n) is 5.40. The molecule has 0 aliphatic carbocycles. The van der Waals surface area contributed by atoms with Gasteiger partial charge in [-0.25, -0.2) is 4.98 Å². The largest absolute Gasteiger partial charge is 0.439 e. The Balaban J connectivity index is 1.75. The van der Waals surface area contributed by atoms with Crippen LogP contribution in [-0.2, 0) is 5.75 Å². The predicted molar refractivity (Wildman–Crippen MR) is 99.0 cm³/mol. The highest BCUT2D eigenvalue weighted by Gasteiger charge is 2.07. The lowest BCUT2D eigenvalue weighted by molar-refractivity contribution is 0.454. The second kappa shape index (κ2) is 7.69. The van der Waals surface area contributed by atoms with Gasteiger partial charge >= 0.3 is 0 Å². The fourth-order valence-corrected chi connectivity index (χ4v) is 3.35. The molecule has 0 radical (unpaired) electrons. The maximum Gasteiger partial charge on any atom is 0.223 e. The van der Waals surface area contributed by atoms with Crippen molar-refractivity contribution in [3.63, 3.8) is 0 Å². The average Bonchev–Trinajstić information content (AvgIpc) is 2.53. The fraction of sp³-hybridized carbons (Fsp3) is 0.158. The molecule has 1 heterocycles. The summed E-state index contributed by atoms with van der Waals surface area (Å²) < 4.78 is 5.81. The first-order valence-corrected chi connectivity index (χ1v) is 8.93. The Bertz CT molecular complexity index is 854. The molecule has 0 fully saturated rings. The number of nitrogens with zero attached hydrogens (tertiary/aromatic N) is 2.